The summed E-state index contributed by atoms with van der Waals surface area (Å²) >= 11 is -3.34. The minimum Gasteiger partial charge on any atom is -1.00 e. The van der Waals surface area contributed by atoms with Crippen molar-refractivity contribution in [2.45, 2.75) is 112 Å². The number of hydrogen-bond acceptors (Lipinski definition) is 2. The largest absolute Gasteiger partial charge is 1.00 e. The summed E-state index contributed by atoms with van der Waals surface area (Å²) in [5.74, 6) is 2.25. The van der Waals surface area contributed by atoms with Crippen LogP contribution in [0.25, 0.3) is 0 Å². The second kappa shape index (κ2) is 8.82. The zero-order valence-electron chi connectivity index (χ0n) is 19.2. The summed E-state index contributed by atoms with van der Waals surface area (Å²) in [6.45, 7) is 26.2. The van der Waals surface area contributed by atoms with E-state index in [0.717, 1.165) is 0 Å². The van der Waals surface area contributed by atoms with Gasteiger partial charge in [-0.05, 0) is 0 Å². The van der Waals surface area contributed by atoms with Crippen molar-refractivity contribution in [2.24, 2.45) is 0 Å². The van der Waals surface area contributed by atoms with E-state index in [1.165, 1.54) is 16.0 Å². The summed E-state index contributed by atoms with van der Waals surface area (Å²) in [6.07, 6.45) is 0. The van der Waals surface area contributed by atoms with E-state index in [4.69, 9.17) is 7.53 Å². The number of aromatic nitrogens is 2. The Hall–Kier alpha value is 0.403. The quantitative estimate of drug-likeness (QED) is 0.321. The van der Waals surface area contributed by atoms with E-state index in [1.54, 1.807) is 0 Å². The molecule has 6 heteroatoms. The molecule has 154 valence electrons. The molecule has 4 nitrogen and oxygen atoms in total. The van der Waals surface area contributed by atoms with Crippen molar-refractivity contribution in [1.82, 2.24) is 4.57 Å². The number of halogens is 1. The van der Waals surface area contributed by atoms with E-state index in [-0.39, 0.29) is 35.2 Å². The smallest absolute Gasteiger partial charge is 1.00 e. The van der Waals surface area contributed by atoms with E-state index in [9.17, 15) is 0 Å². The molecule has 0 atom stereocenters. The van der Waals surface area contributed by atoms with Crippen LogP contribution in [0.4, 0.5) is 0 Å². The van der Waals surface area contributed by atoms with Crippen LogP contribution >= 0.6 is 0 Å². The standard InChI is InChI=1S/C20H41GeN2O2.HI/c1-14(2)22-16(5)17(6)23(15(3)4)18(22)21(13,24-19(7,8)9)25-20(10,11)12;/h14-15H,1-13H3;1H/q+1;/p-1. The molecular weight excluding hydrogens is 500 g/mol. The summed E-state index contributed by atoms with van der Waals surface area (Å²) in [4.78, 5) is 0. The number of rotatable bonds is 5. The molecule has 0 N–H and O–H groups in total. The monoisotopic (exact) mass is 542 g/mol. The molecule has 0 aliphatic rings. The van der Waals surface area contributed by atoms with Crippen molar-refractivity contribution in [3.8, 4) is 0 Å². The molecule has 1 aromatic rings. The maximum atomic E-state index is 6.76. The summed E-state index contributed by atoms with van der Waals surface area (Å²) in [6, 6.07) is 0.733. The molecule has 0 fully saturated rings. The topological polar surface area (TPSA) is 27.3 Å². The molecule has 0 aliphatic heterocycles. The predicted molar refractivity (Wildman–Crippen MR) is 108 cm³/mol. The van der Waals surface area contributed by atoms with Crippen LogP contribution in [0.2, 0.25) is 5.76 Å². The minimum atomic E-state index is -3.34. The third-order valence-electron chi connectivity index (χ3n) is 4.14. The summed E-state index contributed by atoms with van der Waals surface area (Å²) < 4.78 is 19.7. The van der Waals surface area contributed by atoms with Crippen molar-refractivity contribution >= 4 is 18.6 Å². The molecule has 0 bridgehead atoms. The SMILES string of the molecule is Cc1c(C)[n+](C(C)C)[c]([Ge]([CH3])([O]C(C)(C)C)[O]C(C)(C)C)n1C(C)C.[I-]. The van der Waals surface area contributed by atoms with Crippen LogP contribution in [0.1, 0.15) is 92.7 Å². The van der Waals surface area contributed by atoms with Gasteiger partial charge in [-0.3, -0.25) is 0 Å². The van der Waals surface area contributed by atoms with Gasteiger partial charge in [-0.15, -0.1) is 0 Å². The molecular formula is C20H41GeIN2O2. The second-order valence-corrected chi connectivity index (χ2v) is 15.6. The molecule has 0 radical (unpaired) electrons. The van der Waals surface area contributed by atoms with E-state index in [2.05, 4.69) is 98.0 Å². The molecule has 0 amide bonds. The van der Waals surface area contributed by atoms with Crippen molar-refractivity contribution in [3.05, 3.63) is 11.4 Å². The third-order valence-corrected chi connectivity index (χ3v) is 11.1. The van der Waals surface area contributed by atoms with Crippen molar-refractivity contribution < 1.29 is 36.1 Å². The zero-order valence-corrected chi connectivity index (χ0v) is 23.5. The molecule has 0 spiro atoms. The van der Waals surface area contributed by atoms with E-state index >= 15 is 0 Å². The molecule has 0 saturated carbocycles. The molecule has 26 heavy (non-hydrogen) atoms. The average Bonchev–Trinajstić information content (AvgIpc) is 2.58. The Morgan fingerprint density at radius 2 is 1.27 bits per heavy atom. The van der Waals surface area contributed by atoms with E-state index < -0.39 is 13.9 Å². The van der Waals surface area contributed by atoms with Crippen LogP contribution in [0.15, 0.2) is 0 Å². The van der Waals surface area contributed by atoms with Crippen LogP contribution in [0.3, 0.4) is 0 Å². The summed E-state index contributed by atoms with van der Waals surface area (Å²) in [5, 5.41) is 0. The average molecular weight is 541 g/mol. The normalized spacial score (nSPS) is 13.5. The van der Waals surface area contributed by atoms with Gasteiger partial charge in [0.1, 0.15) is 0 Å². The Bertz CT molecular complexity index is 563. The van der Waals surface area contributed by atoms with Gasteiger partial charge in [0.05, 0.1) is 0 Å². The van der Waals surface area contributed by atoms with Crippen LogP contribution in [-0.2, 0) is 7.53 Å². The van der Waals surface area contributed by atoms with E-state index in [1.807, 2.05) is 0 Å². The first kappa shape index (κ1) is 26.4. The maximum absolute atomic E-state index is 6.76. The van der Waals surface area contributed by atoms with Gasteiger partial charge in [0.2, 0.25) is 0 Å². The number of imidazole rings is 1. The molecule has 1 rings (SSSR count). The zero-order chi connectivity index (χ0) is 20.0. The Kier molecular flexibility index (Phi) is 8.96. The van der Waals surface area contributed by atoms with Crippen molar-refractivity contribution in [3.63, 3.8) is 0 Å². The predicted octanol–water partition coefficient (Wildman–Crippen LogP) is 1.47. The van der Waals surface area contributed by atoms with Crippen molar-refractivity contribution in [2.75, 3.05) is 0 Å². The Morgan fingerprint density at radius 3 is 1.54 bits per heavy atom. The molecule has 1 aromatic heterocycles. The third kappa shape index (κ3) is 6.21. The van der Waals surface area contributed by atoms with Gasteiger partial charge in [-0.1, -0.05) is 0 Å². The molecule has 0 unspecified atom stereocenters. The fourth-order valence-corrected chi connectivity index (χ4v) is 12.8. The molecule has 1 heterocycles. The van der Waals surface area contributed by atoms with Gasteiger partial charge in [-0.2, -0.15) is 0 Å². The van der Waals surface area contributed by atoms with Crippen LogP contribution < -0.4 is 33.2 Å². The van der Waals surface area contributed by atoms with Gasteiger partial charge < -0.3 is 24.0 Å². The van der Waals surface area contributed by atoms with Crippen LogP contribution in [-0.4, -0.2) is 29.7 Å². The Balaban J connectivity index is 0.00000625. The van der Waals surface area contributed by atoms with Gasteiger partial charge in [0.25, 0.3) is 0 Å². The maximum Gasteiger partial charge on any atom is -1.00 e. The molecule has 0 saturated heterocycles. The van der Waals surface area contributed by atoms with Crippen LogP contribution in [0.5, 0.6) is 0 Å². The summed E-state index contributed by atoms with van der Waals surface area (Å²) in [5.41, 5.74) is 2.13. The fourth-order valence-electron chi connectivity index (χ4n) is 3.76. The van der Waals surface area contributed by atoms with Gasteiger partial charge >= 0.3 is 159 Å². The second-order valence-electron chi connectivity index (χ2n) is 9.80. The molecule has 0 aliphatic carbocycles. The van der Waals surface area contributed by atoms with Crippen LogP contribution in [0, 0.1) is 13.8 Å². The van der Waals surface area contributed by atoms with E-state index in [0.29, 0.717) is 12.1 Å². The number of nitrogens with zero attached hydrogens (tertiary/aromatic N) is 2. The Morgan fingerprint density at radius 1 is 0.885 bits per heavy atom. The molecule has 0 aromatic carbocycles. The fraction of sp³-hybridized carbons (Fsp3) is 0.850. The van der Waals surface area contributed by atoms with Gasteiger partial charge in [0, 0.05) is 0 Å². The minimum absolute atomic E-state index is 0. The first-order valence-corrected chi connectivity index (χ1v) is 14.4. The Labute approximate surface area is 182 Å². The summed E-state index contributed by atoms with van der Waals surface area (Å²) in [7, 11) is 0. The van der Waals surface area contributed by atoms with Crippen molar-refractivity contribution in [1.29, 1.82) is 0 Å². The van der Waals surface area contributed by atoms with Gasteiger partial charge in [-0.25, -0.2) is 0 Å². The number of hydrogen-bond donors (Lipinski definition) is 0. The van der Waals surface area contributed by atoms with Gasteiger partial charge in [0.15, 0.2) is 0 Å². The first-order valence-electron chi connectivity index (χ1n) is 9.54. The first-order chi connectivity index (χ1) is 11.0.